The van der Waals surface area contributed by atoms with Crippen LogP contribution in [-0.4, -0.2) is 34.9 Å². The zero-order valence-corrected chi connectivity index (χ0v) is 18.5. The summed E-state index contributed by atoms with van der Waals surface area (Å²) in [5, 5.41) is 13.3. The van der Waals surface area contributed by atoms with Gasteiger partial charge in [0.2, 0.25) is 0 Å². The molecule has 0 fully saturated rings. The van der Waals surface area contributed by atoms with E-state index in [-0.39, 0.29) is 0 Å². The quantitative estimate of drug-likeness (QED) is 0.363. The van der Waals surface area contributed by atoms with Crippen molar-refractivity contribution >= 4 is 11.8 Å². The molecule has 160 valence electrons. The van der Waals surface area contributed by atoms with Gasteiger partial charge < -0.3 is 9.09 Å². The smallest absolute Gasteiger partial charge is 0.257 e. The Morgan fingerprint density at radius 1 is 0.906 bits per heavy atom. The molecule has 4 aromatic heterocycles. The number of rotatable bonds is 5. The molecule has 0 radical (unpaired) electrons. The van der Waals surface area contributed by atoms with Crippen molar-refractivity contribution < 1.29 is 4.52 Å². The van der Waals surface area contributed by atoms with E-state index in [4.69, 9.17) is 4.52 Å². The average molecular weight is 444 g/mol. The van der Waals surface area contributed by atoms with Gasteiger partial charge in [0, 0.05) is 43.0 Å². The second kappa shape index (κ2) is 10.5. The first-order valence-electron chi connectivity index (χ1n) is 9.88. The predicted molar refractivity (Wildman–Crippen MR) is 123 cm³/mol. The van der Waals surface area contributed by atoms with E-state index in [1.807, 2.05) is 73.1 Å². The molecule has 9 heteroatoms. The van der Waals surface area contributed by atoms with Crippen molar-refractivity contribution in [2.24, 2.45) is 7.05 Å². The number of hydrogen-bond acceptors (Lipinski definition) is 8. The maximum atomic E-state index is 5.37. The van der Waals surface area contributed by atoms with E-state index in [0.29, 0.717) is 17.5 Å². The second-order valence-electron chi connectivity index (χ2n) is 6.81. The van der Waals surface area contributed by atoms with Gasteiger partial charge in [-0.15, -0.1) is 10.2 Å². The van der Waals surface area contributed by atoms with E-state index in [1.54, 1.807) is 24.8 Å². The predicted octanol–water partition coefficient (Wildman–Crippen LogP) is 4.61. The first-order chi connectivity index (χ1) is 15.7. The topological polar surface area (TPSA) is 95.4 Å². The van der Waals surface area contributed by atoms with Crippen molar-refractivity contribution in [1.29, 1.82) is 0 Å². The number of nitrogens with zero attached hydrogens (tertiary/aromatic N) is 7. The van der Waals surface area contributed by atoms with Crippen LogP contribution in [0.3, 0.4) is 0 Å². The molecule has 8 nitrogen and oxygen atoms in total. The summed E-state index contributed by atoms with van der Waals surface area (Å²) < 4.78 is 7.31. The first kappa shape index (κ1) is 21.4. The highest BCUT2D eigenvalue weighted by Gasteiger charge is 2.14. The summed E-state index contributed by atoms with van der Waals surface area (Å²) in [6.45, 7) is 2.03. The van der Waals surface area contributed by atoms with Crippen LogP contribution in [0.2, 0.25) is 0 Å². The van der Waals surface area contributed by atoms with Gasteiger partial charge >= 0.3 is 0 Å². The van der Waals surface area contributed by atoms with Gasteiger partial charge in [-0.05, 0) is 43.3 Å². The molecule has 0 spiro atoms. The summed E-state index contributed by atoms with van der Waals surface area (Å²) in [6, 6.07) is 17.5. The van der Waals surface area contributed by atoms with Crippen LogP contribution in [-0.2, 0) is 12.8 Å². The standard InChI is InChI=1S/C18H16N6OS.C5H5N/c1-12-5-3-6-13(9-12)17-20-15(23-25-17)11-26-18-22-21-16(24(18)2)14-7-4-8-19-10-14;1-2-4-6-5-3-1/h3-10H,11H2,1-2H3;1-5H. The molecule has 5 rings (SSSR count). The van der Waals surface area contributed by atoms with Crippen LogP contribution in [0.25, 0.3) is 22.8 Å². The molecular weight excluding hydrogens is 422 g/mol. The fourth-order valence-electron chi connectivity index (χ4n) is 2.84. The number of pyridine rings is 2. The van der Waals surface area contributed by atoms with Crippen LogP contribution < -0.4 is 0 Å². The molecule has 4 heterocycles. The van der Waals surface area contributed by atoms with Gasteiger partial charge in [0.15, 0.2) is 16.8 Å². The third-order valence-corrected chi connectivity index (χ3v) is 5.40. The number of thioether (sulfide) groups is 1. The van der Waals surface area contributed by atoms with Gasteiger partial charge in [0.25, 0.3) is 5.89 Å². The highest BCUT2D eigenvalue weighted by atomic mass is 32.2. The van der Waals surface area contributed by atoms with Crippen molar-refractivity contribution in [2.75, 3.05) is 0 Å². The SMILES string of the molecule is Cc1cccc(-c2nc(CSc3nnc(-c4cccnc4)n3C)no2)c1.c1ccncc1. The van der Waals surface area contributed by atoms with Crippen LogP contribution in [0.4, 0.5) is 0 Å². The monoisotopic (exact) mass is 443 g/mol. The molecule has 0 atom stereocenters. The molecule has 1 aromatic carbocycles. The van der Waals surface area contributed by atoms with Crippen molar-refractivity contribution in [3.05, 3.63) is 90.8 Å². The Kier molecular flexibility index (Phi) is 6.98. The van der Waals surface area contributed by atoms with Crippen LogP contribution in [0.15, 0.2) is 89.1 Å². The van der Waals surface area contributed by atoms with E-state index in [2.05, 4.69) is 30.3 Å². The van der Waals surface area contributed by atoms with E-state index < -0.39 is 0 Å². The summed E-state index contributed by atoms with van der Waals surface area (Å²) in [5.41, 5.74) is 3.00. The maximum absolute atomic E-state index is 5.37. The minimum atomic E-state index is 0.526. The molecule has 0 saturated heterocycles. The van der Waals surface area contributed by atoms with Crippen molar-refractivity contribution in [3.63, 3.8) is 0 Å². The van der Waals surface area contributed by atoms with E-state index in [1.165, 1.54) is 11.8 Å². The highest BCUT2D eigenvalue weighted by molar-refractivity contribution is 7.98. The van der Waals surface area contributed by atoms with Crippen LogP contribution >= 0.6 is 11.8 Å². The number of benzene rings is 1. The summed E-state index contributed by atoms with van der Waals surface area (Å²) in [7, 11) is 1.93. The normalized spacial score (nSPS) is 10.4. The van der Waals surface area contributed by atoms with Gasteiger partial charge in [-0.2, -0.15) is 4.98 Å². The molecule has 0 unspecified atom stereocenters. The Hall–Kier alpha value is -3.85. The molecule has 0 bridgehead atoms. The molecule has 0 amide bonds. The zero-order chi connectivity index (χ0) is 22.2. The molecule has 0 saturated carbocycles. The van der Waals surface area contributed by atoms with Crippen molar-refractivity contribution in [1.82, 2.24) is 34.9 Å². The number of aromatic nitrogens is 7. The van der Waals surface area contributed by atoms with Gasteiger partial charge in [-0.3, -0.25) is 9.97 Å². The minimum absolute atomic E-state index is 0.526. The van der Waals surface area contributed by atoms with Crippen LogP contribution in [0, 0.1) is 6.92 Å². The lowest BCUT2D eigenvalue weighted by molar-refractivity contribution is 0.425. The second-order valence-corrected chi connectivity index (χ2v) is 7.75. The minimum Gasteiger partial charge on any atom is -0.334 e. The van der Waals surface area contributed by atoms with Gasteiger partial charge in [-0.1, -0.05) is 40.7 Å². The lowest BCUT2D eigenvalue weighted by Gasteiger charge is -2.02. The van der Waals surface area contributed by atoms with Gasteiger partial charge in [0.1, 0.15) is 0 Å². The molecular formula is C23H21N7OS. The molecule has 5 aromatic rings. The van der Waals surface area contributed by atoms with Gasteiger partial charge in [0.05, 0.1) is 5.75 Å². The average Bonchev–Trinajstić information content (AvgIpc) is 3.46. The molecule has 0 aliphatic rings. The van der Waals surface area contributed by atoms with Gasteiger partial charge in [-0.25, -0.2) is 0 Å². The Balaban J connectivity index is 0.000000354. The van der Waals surface area contributed by atoms with Crippen LogP contribution in [0.5, 0.6) is 0 Å². The van der Waals surface area contributed by atoms with Crippen molar-refractivity contribution in [2.45, 2.75) is 17.8 Å². The third kappa shape index (κ3) is 5.44. The van der Waals surface area contributed by atoms with E-state index in [0.717, 1.165) is 27.7 Å². The Morgan fingerprint density at radius 3 is 2.41 bits per heavy atom. The first-order valence-corrected chi connectivity index (χ1v) is 10.9. The van der Waals surface area contributed by atoms with E-state index in [9.17, 15) is 0 Å². The molecule has 0 aliphatic heterocycles. The zero-order valence-electron chi connectivity index (χ0n) is 17.7. The Labute approximate surface area is 189 Å². The summed E-state index contributed by atoms with van der Waals surface area (Å²) in [6.07, 6.45) is 7.00. The van der Waals surface area contributed by atoms with E-state index >= 15 is 0 Å². The largest absolute Gasteiger partial charge is 0.334 e. The summed E-state index contributed by atoms with van der Waals surface area (Å²) in [4.78, 5) is 12.4. The molecule has 32 heavy (non-hydrogen) atoms. The Bertz CT molecular complexity index is 1230. The highest BCUT2D eigenvalue weighted by Crippen LogP contribution is 2.25. The number of aryl methyl sites for hydroxylation is 1. The fraction of sp³-hybridized carbons (Fsp3) is 0.130. The molecule has 0 aliphatic carbocycles. The summed E-state index contributed by atoms with van der Waals surface area (Å²) in [5.74, 6) is 2.47. The van der Waals surface area contributed by atoms with Crippen molar-refractivity contribution in [3.8, 4) is 22.8 Å². The third-order valence-electron chi connectivity index (χ3n) is 4.38. The van der Waals surface area contributed by atoms with Crippen LogP contribution in [0.1, 0.15) is 11.4 Å². The fourth-order valence-corrected chi connectivity index (χ4v) is 3.59. The molecule has 0 N–H and O–H groups in total. The lowest BCUT2D eigenvalue weighted by Crippen LogP contribution is -1.95. The summed E-state index contributed by atoms with van der Waals surface area (Å²) >= 11 is 1.51. The lowest BCUT2D eigenvalue weighted by atomic mass is 10.1. The number of hydrogen-bond donors (Lipinski definition) is 0. The maximum Gasteiger partial charge on any atom is 0.257 e. The Morgan fingerprint density at radius 2 is 1.72 bits per heavy atom.